The highest BCUT2D eigenvalue weighted by Gasteiger charge is 2.04. The van der Waals surface area contributed by atoms with Crippen molar-refractivity contribution in [1.82, 2.24) is 0 Å². The number of nitrogens with one attached hydrogen (secondary N) is 1. The van der Waals surface area contributed by atoms with Crippen LogP contribution in [0, 0.1) is 6.92 Å². The van der Waals surface area contributed by atoms with E-state index in [4.69, 9.17) is 0 Å². The van der Waals surface area contributed by atoms with Gasteiger partial charge in [-0.25, -0.2) is 0 Å². The average Bonchev–Trinajstić information content (AvgIpc) is 2.48. The number of halogens is 1. The highest BCUT2D eigenvalue weighted by Crippen LogP contribution is 2.20. The van der Waals surface area contributed by atoms with Gasteiger partial charge in [-0.05, 0) is 54.8 Å². The molecule has 0 aromatic heterocycles. The molecule has 1 N–H and O–H groups in total. The maximum absolute atomic E-state index is 3.55. The zero-order valence-corrected chi connectivity index (χ0v) is 13.9. The molecule has 0 heterocycles. The van der Waals surface area contributed by atoms with E-state index in [1.807, 2.05) is 7.05 Å². The molecule has 0 radical (unpaired) electrons. The van der Waals surface area contributed by atoms with Crippen molar-refractivity contribution in [3.8, 4) is 0 Å². The van der Waals surface area contributed by atoms with Gasteiger partial charge >= 0.3 is 0 Å². The second-order valence-corrected chi connectivity index (χ2v) is 5.96. The molecule has 0 aliphatic carbocycles. The molecule has 106 valence electrons. The van der Waals surface area contributed by atoms with Crippen LogP contribution in [0.4, 0.5) is 11.4 Å². The van der Waals surface area contributed by atoms with Crippen LogP contribution in [0.25, 0.3) is 0 Å². The summed E-state index contributed by atoms with van der Waals surface area (Å²) in [6.45, 7) is 3.17. The van der Waals surface area contributed by atoms with Crippen LogP contribution in [0.15, 0.2) is 46.9 Å². The minimum absolute atomic E-state index is 1.00. The van der Waals surface area contributed by atoms with Crippen LogP contribution in [0.5, 0.6) is 0 Å². The van der Waals surface area contributed by atoms with Gasteiger partial charge in [0.25, 0.3) is 0 Å². The van der Waals surface area contributed by atoms with Crippen molar-refractivity contribution in [2.75, 3.05) is 30.9 Å². The third-order valence-corrected chi connectivity index (χ3v) is 4.10. The molecule has 2 aromatic carbocycles. The Kier molecular flexibility index (Phi) is 5.07. The number of likely N-dealkylation sites (N-methyl/N-ethyl adjacent to an activating group) is 1. The first kappa shape index (κ1) is 14.9. The zero-order chi connectivity index (χ0) is 14.5. The van der Waals surface area contributed by atoms with Crippen molar-refractivity contribution in [1.29, 1.82) is 0 Å². The monoisotopic (exact) mass is 332 g/mol. The number of nitrogens with zero attached hydrogens (tertiary/aromatic N) is 1. The standard InChI is InChI=1S/C17H21BrN2/c1-13-7-8-15(18)11-14(13)9-10-20(3)17-6-4-5-16(12-17)19-2/h4-8,11-12,19H,9-10H2,1-3H3. The maximum Gasteiger partial charge on any atom is 0.0384 e. The molecule has 0 amide bonds. The summed E-state index contributed by atoms with van der Waals surface area (Å²) in [5.74, 6) is 0. The molecule has 0 aliphatic heterocycles. The first-order valence-electron chi connectivity index (χ1n) is 6.84. The third kappa shape index (κ3) is 3.76. The normalized spacial score (nSPS) is 10.4. The van der Waals surface area contributed by atoms with Gasteiger partial charge in [-0.15, -0.1) is 0 Å². The largest absolute Gasteiger partial charge is 0.388 e. The lowest BCUT2D eigenvalue weighted by molar-refractivity contribution is 0.871. The minimum Gasteiger partial charge on any atom is -0.388 e. The summed E-state index contributed by atoms with van der Waals surface area (Å²) in [6.07, 6.45) is 1.05. The first-order chi connectivity index (χ1) is 9.60. The Balaban J connectivity index is 2.04. The minimum atomic E-state index is 1.00. The second-order valence-electron chi connectivity index (χ2n) is 5.04. The highest BCUT2D eigenvalue weighted by atomic mass is 79.9. The molecule has 0 unspecified atom stereocenters. The summed E-state index contributed by atoms with van der Waals surface area (Å²) in [5, 5.41) is 3.18. The molecule has 2 aromatic rings. The van der Waals surface area contributed by atoms with Crippen molar-refractivity contribution in [2.45, 2.75) is 13.3 Å². The van der Waals surface area contributed by atoms with Crippen LogP contribution in [0.3, 0.4) is 0 Å². The van der Waals surface area contributed by atoms with Crippen molar-refractivity contribution >= 4 is 27.3 Å². The second kappa shape index (κ2) is 6.80. The summed E-state index contributed by atoms with van der Waals surface area (Å²) in [6, 6.07) is 15.0. The van der Waals surface area contributed by atoms with E-state index in [0.717, 1.165) is 23.1 Å². The van der Waals surface area contributed by atoms with Gasteiger partial charge < -0.3 is 10.2 Å². The Morgan fingerprint density at radius 2 is 1.95 bits per heavy atom. The quantitative estimate of drug-likeness (QED) is 0.868. The fraction of sp³-hybridized carbons (Fsp3) is 0.294. The van der Waals surface area contributed by atoms with Gasteiger partial charge in [0.05, 0.1) is 0 Å². The van der Waals surface area contributed by atoms with E-state index in [9.17, 15) is 0 Å². The number of aryl methyl sites for hydroxylation is 1. The number of anilines is 2. The summed E-state index contributed by atoms with van der Waals surface area (Å²) >= 11 is 3.55. The van der Waals surface area contributed by atoms with E-state index >= 15 is 0 Å². The van der Waals surface area contributed by atoms with Crippen molar-refractivity contribution in [2.24, 2.45) is 0 Å². The number of benzene rings is 2. The van der Waals surface area contributed by atoms with Crippen LogP contribution in [0.2, 0.25) is 0 Å². The van der Waals surface area contributed by atoms with Crippen molar-refractivity contribution in [3.63, 3.8) is 0 Å². The van der Waals surface area contributed by atoms with Crippen molar-refractivity contribution < 1.29 is 0 Å². The van der Waals surface area contributed by atoms with Crippen molar-refractivity contribution in [3.05, 3.63) is 58.1 Å². The first-order valence-corrected chi connectivity index (χ1v) is 7.63. The van der Waals surface area contributed by atoms with Gasteiger partial charge in [0.15, 0.2) is 0 Å². The predicted octanol–water partition coefficient (Wildman–Crippen LogP) is 4.48. The predicted molar refractivity (Wildman–Crippen MR) is 91.8 cm³/mol. The fourth-order valence-corrected chi connectivity index (χ4v) is 2.63. The lowest BCUT2D eigenvalue weighted by Gasteiger charge is -2.20. The van der Waals surface area contributed by atoms with Gasteiger partial charge in [0.1, 0.15) is 0 Å². The van der Waals surface area contributed by atoms with Crippen LogP contribution >= 0.6 is 15.9 Å². The molecule has 0 atom stereocenters. The van der Waals surface area contributed by atoms with E-state index in [1.54, 1.807) is 0 Å². The summed E-state index contributed by atoms with van der Waals surface area (Å²) in [4.78, 5) is 2.29. The Bertz CT molecular complexity index is 581. The molecule has 0 saturated carbocycles. The van der Waals surface area contributed by atoms with E-state index in [-0.39, 0.29) is 0 Å². The van der Waals surface area contributed by atoms with Gasteiger partial charge in [-0.1, -0.05) is 28.1 Å². The average molecular weight is 333 g/mol. The van der Waals surface area contributed by atoms with Gasteiger partial charge in [-0.2, -0.15) is 0 Å². The maximum atomic E-state index is 3.55. The highest BCUT2D eigenvalue weighted by molar-refractivity contribution is 9.10. The molecule has 0 fully saturated rings. The number of hydrogen-bond acceptors (Lipinski definition) is 2. The summed E-state index contributed by atoms with van der Waals surface area (Å²) in [5.41, 5.74) is 5.14. The van der Waals surface area contributed by atoms with Crippen LogP contribution < -0.4 is 10.2 Å². The Morgan fingerprint density at radius 3 is 2.70 bits per heavy atom. The van der Waals surface area contributed by atoms with Crippen LogP contribution in [0.1, 0.15) is 11.1 Å². The molecule has 2 nitrogen and oxygen atoms in total. The molecule has 3 heteroatoms. The Labute approximate surface area is 129 Å². The number of hydrogen-bond donors (Lipinski definition) is 1. The van der Waals surface area contributed by atoms with Gasteiger partial charge in [0, 0.05) is 36.5 Å². The molecule has 2 rings (SSSR count). The van der Waals surface area contributed by atoms with Crippen LogP contribution in [-0.2, 0) is 6.42 Å². The topological polar surface area (TPSA) is 15.3 Å². The van der Waals surface area contributed by atoms with E-state index in [2.05, 4.69) is 82.6 Å². The van der Waals surface area contributed by atoms with Gasteiger partial charge in [-0.3, -0.25) is 0 Å². The number of rotatable bonds is 5. The molecular formula is C17H21BrN2. The summed E-state index contributed by atoms with van der Waals surface area (Å²) in [7, 11) is 4.09. The fourth-order valence-electron chi connectivity index (χ4n) is 2.23. The lowest BCUT2D eigenvalue weighted by atomic mass is 10.1. The molecule has 0 aliphatic rings. The SMILES string of the molecule is CNc1cccc(N(C)CCc2cc(Br)ccc2C)c1. The van der Waals surface area contributed by atoms with E-state index < -0.39 is 0 Å². The van der Waals surface area contributed by atoms with E-state index in [1.165, 1.54) is 16.8 Å². The molecular weight excluding hydrogens is 312 g/mol. The molecule has 0 saturated heterocycles. The lowest BCUT2D eigenvalue weighted by Crippen LogP contribution is -2.20. The van der Waals surface area contributed by atoms with E-state index in [0.29, 0.717) is 0 Å². The Morgan fingerprint density at radius 1 is 1.15 bits per heavy atom. The molecule has 0 bridgehead atoms. The van der Waals surface area contributed by atoms with Gasteiger partial charge in [0.2, 0.25) is 0 Å². The molecule has 20 heavy (non-hydrogen) atoms. The van der Waals surface area contributed by atoms with Crippen LogP contribution in [-0.4, -0.2) is 20.6 Å². The zero-order valence-electron chi connectivity index (χ0n) is 12.3. The smallest absolute Gasteiger partial charge is 0.0384 e. The summed E-state index contributed by atoms with van der Waals surface area (Å²) < 4.78 is 1.15. The Hall–Kier alpha value is -1.48. The molecule has 0 spiro atoms. The third-order valence-electron chi connectivity index (χ3n) is 3.60.